The van der Waals surface area contributed by atoms with Crippen LogP contribution in [0.1, 0.15) is 58.4 Å². The molecule has 3 aliphatic carbocycles. The van der Waals surface area contributed by atoms with Gasteiger partial charge in [0.15, 0.2) is 0 Å². The van der Waals surface area contributed by atoms with Gasteiger partial charge in [-0.2, -0.15) is 0 Å². The third-order valence-electron chi connectivity index (χ3n) is 10.1. The van der Waals surface area contributed by atoms with Crippen LogP contribution in [0.25, 0.3) is 6.08 Å². The number of fused-ring (bicyclic) bond motifs is 5. The maximum Gasteiger partial charge on any atom is 0.246 e. The Kier molecular flexibility index (Phi) is 4.77. The van der Waals surface area contributed by atoms with Crippen molar-refractivity contribution >= 4 is 12.0 Å². The summed E-state index contributed by atoms with van der Waals surface area (Å²) < 4.78 is 27.4. The number of hydrogen-bond acceptors (Lipinski definition) is 2. The highest BCUT2D eigenvalue weighted by Gasteiger charge is 2.64. The summed E-state index contributed by atoms with van der Waals surface area (Å²) in [5, 5.41) is 11.3. The lowest BCUT2D eigenvalue weighted by molar-refractivity contribution is -0.156. The Morgan fingerprint density at radius 2 is 1.75 bits per heavy atom. The summed E-state index contributed by atoms with van der Waals surface area (Å²) >= 11 is 0. The molecule has 0 aromatic heterocycles. The lowest BCUT2D eigenvalue weighted by atomic mass is 9.45. The van der Waals surface area contributed by atoms with Crippen LogP contribution in [0.5, 0.6) is 0 Å². The molecular weight excluding hydrogens is 408 g/mol. The zero-order valence-electron chi connectivity index (χ0n) is 19.4. The molecule has 1 amide bonds. The van der Waals surface area contributed by atoms with Crippen molar-refractivity contribution in [2.75, 3.05) is 7.05 Å². The summed E-state index contributed by atoms with van der Waals surface area (Å²) in [5.74, 6) is 0.0734. The van der Waals surface area contributed by atoms with Crippen LogP contribution in [0, 0.1) is 40.2 Å². The molecule has 1 aliphatic heterocycles. The highest BCUT2D eigenvalue weighted by atomic mass is 19.1. The molecule has 1 aromatic rings. The fourth-order valence-corrected chi connectivity index (χ4v) is 7.85. The van der Waals surface area contributed by atoms with Crippen LogP contribution in [0.15, 0.2) is 35.9 Å². The number of carbonyl (C=O) groups excluding carboxylic acids is 1. The van der Waals surface area contributed by atoms with E-state index in [4.69, 9.17) is 0 Å². The second-order valence-electron chi connectivity index (χ2n) is 11.3. The van der Waals surface area contributed by atoms with E-state index in [1.807, 2.05) is 11.9 Å². The van der Waals surface area contributed by atoms with E-state index in [0.717, 1.165) is 43.7 Å². The van der Waals surface area contributed by atoms with Gasteiger partial charge in [-0.25, -0.2) is 8.78 Å². The van der Waals surface area contributed by atoms with Gasteiger partial charge in [0.2, 0.25) is 5.91 Å². The lowest BCUT2D eigenvalue weighted by Crippen LogP contribution is -2.66. The first-order valence-electron chi connectivity index (χ1n) is 11.8. The number of nitrogens with zero attached hydrogens (tertiary/aromatic N) is 1. The Hall–Kier alpha value is -2.01. The van der Waals surface area contributed by atoms with Crippen LogP contribution < -0.4 is 0 Å². The first-order chi connectivity index (χ1) is 15.0. The van der Waals surface area contributed by atoms with Gasteiger partial charge in [0.05, 0.1) is 6.10 Å². The minimum atomic E-state index is -0.605. The summed E-state index contributed by atoms with van der Waals surface area (Å²) in [5.41, 5.74) is 0.802. The van der Waals surface area contributed by atoms with Gasteiger partial charge in [0.1, 0.15) is 11.6 Å². The number of halogens is 2. The van der Waals surface area contributed by atoms with E-state index in [0.29, 0.717) is 23.3 Å². The number of amides is 1. The van der Waals surface area contributed by atoms with Gasteiger partial charge in [-0.1, -0.05) is 26.0 Å². The minimum Gasteiger partial charge on any atom is -0.388 e. The van der Waals surface area contributed by atoms with Crippen LogP contribution in [0.4, 0.5) is 8.78 Å². The normalized spacial score (nSPS) is 44.4. The summed E-state index contributed by atoms with van der Waals surface area (Å²) in [7, 11) is 1.93. The molecule has 2 unspecified atom stereocenters. The molecule has 3 nitrogen and oxygen atoms in total. The fraction of sp³-hybridized carbons (Fsp3) is 0.593. The smallest absolute Gasteiger partial charge is 0.246 e. The third-order valence-corrected chi connectivity index (χ3v) is 10.1. The molecule has 5 rings (SSSR count). The minimum absolute atomic E-state index is 0.0768. The third kappa shape index (κ3) is 2.82. The SMILES string of the molecule is CN1C(=O)C=C[C@]2(C)C3CC[C@]4(C)[C@@H](O)/C(=C/c5cc(F)cc(F)c5)C[C@H]4C3CC[C@@]12C. The molecule has 172 valence electrons. The number of benzene rings is 1. The van der Waals surface area contributed by atoms with Crippen LogP contribution in [-0.4, -0.2) is 34.6 Å². The number of aliphatic hydroxyl groups excluding tert-OH is 1. The molecule has 5 heteroatoms. The predicted octanol–water partition coefficient (Wildman–Crippen LogP) is 5.35. The van der Waals surface area contributed by atoms with E-state index in [-0.39, 0.29) is 22.3 Å². The van der Waals surface area contributed by atoms with E-state index in [1.54, 1.807) is 12.2 Å². The second kappa shape index (κ2) is 6.99. The van der Waals surface area contributed by atoms with Gasteiger partial charge in [-0.3, -0.25) is 4.79 Å². The first-order valence-corrected chi connectivity index (χ1v) is 11.8. The Morgan fingerprint density at radius 3 is 2.44 bits per heavy atom. The molecule has 1 heterocycles. The van der Waals surface area contributed by atoms with Gasteiger partial charge >= 0.3 is 0 Å². The molecule has 3 saturated carbocycles. The highest BCUT2D eigenvalue weighted by molar-refractivity contribution is 5.89. The largest absolute Gasteiger partial charge is 0.388 e. The second-order valence-corrected chi connectivity index (χ2v) is 11.3. The van der Waals surface area contributed by atoms with Gasteiger partial charge in [-0.15, -0.1) is 0 Å². The summed E-state index contributed by atoms with van der Waals surface area (Å²) in [6, 6.07) is 3.52. The summed E-state index contributed by atoms with van der Waals surface area (Å²) in [6.45, 7) is 6.73. The lowest BCUT2D eigenvalue weighted by Gasteiger charge is -2.64. The Bertz CT molecular complexity index is 1010. The number of aliphatic hydroxyl groups is 1. The van der Waals surface area contributed by atoms with Crippen molar-refractivity contribution in [1.82, 2.24) is 4.90 Å². The fourth-order valence-electron chi connectivity index (χ4n) is 7.85. The van der Waals surface area contributed by atoms with Crippen molar-refractivity contribution in [3.05, 3.63) is 53.1 Å². The van der Waals surface area contributed by atoms with Gasteiger partial charge in [0, 0.05) is 29.5 Å². The van der Waals surface area contributed by atoms with Gasteiger partial charge in [0.25, 0.3) is 0 Å². The van der Waals surface area contributed by atoms with Crippen LogP contribution in [0.2, 0.25) is 0 Å². The highest BCUT2D eigenvalue weighted by Crippen LogP contribution is 2.67. The Balaban J connectivity index is 1.50. The van der Waals surface area contributed by atoms with Crippen molar-refractivity contribution < 1.29 is 18.7 Å². The van der Waals surface area contributed by atoms with Gasteiger partial charge in [-0.05, 0) is 86.1 Å². The molecule has 3 fully saturated rings. The monoisotopic (exact) mass is 441 g/mol. The molecule has 0 saturated heterocycles. The van der Waals surface area contributed by atoms with E-state index in [9.17, 15) is 18.7 Å². The molecule has 7 atom stereocenters. The van der Waals surface area contributed by atoms with Crippen LogP contribution >= 0.6 is 0 Å². The van der Waals surface area contributed by atoms with Crippen molar-refractivity contribution in [2.24, 2.45) is 28.6 Å². The Morgan fingerprint density at radius 1 is 1.06 bits per heavy atom. The molecule has 0 radical (unpaired) electrons. The molecule has 0 spiro atoms. The topological polar surface area (TPSA) is 40.5 Å². The van der Waals surface area contributed by atoms with Crippen LogP contribution in [0.3, 0.4) is 0 Å². The van der Waals surface area contributed by atoms with E-state index in [1.165, 1.54) is 12.1 Å². The number of rotatable bonds is 1. The van der Waals surface area contributed by atoms with Crippen molar-refractivity contribution in [2.45, 2.75) is 64.5 Å². The maximum absolute atomic E-state index is 13.7. The number of likely N-dealkylation sites (N-methyl/N-ethyl adjacent to an activating group) is 1. The first kappa shape index (κ1) is 21.8. The van der Waals surface area contributed by atoms with Crippen molar-refractivity contribution in [3.63, 3.8) is 0 Å². The van der Waals surface area contributed by atoms with Crippen LogP contribution in [-0.2, 0) is 4.79 Å². The Labute approximate surface area is 189 Å². The van der Waals surface area contributed by atoms with Gasteiger partial charge < -0.3 is 10.0 Å². The van der Waals surface area contributed by atoms with Crippen molar-refractivity contribution in [3.8, 4) is 0 Å². The summed E-state index contributed by atoms with van der Waals surface area (Å²) in [4.78, 5) is 14.4. The number of hydrogen-bond donors (Lipinski definition) is 1. The van der Waals surface area contributed by atoms with E-state index < -0.39 is 17.7 Å². The average molecular weight is 442 g/mol. The molecule has 0 bridgehead atoms. The molecular formula is C27H33F2NO2. The molecule has 32 heavy (non-hydrogen) atoms. The van der Waals surface area contributed by atoms with Crippen molar-refractivity contribution in [1.29, 1.82) is 0 Å². The molecule has 1 N–H and O–H groups in total. The molecule has 1 aromatic carbocycles. The standard InChI is InChI=1S/C27H33F2NO2/c1-25-8-6-21-20(5-10-27(3)26(21,2)9-7-23(31)30(27)4)22(25)14-17(24(25)32)11-16-12-18(28)15-19(29)13-16/h7,9,11-13,15,20-22,24,32H,5-6,8,10,14H2,1-4H3/b17-11+/t20?,21?,22-,24-,25-,26+,27+/m0/s1. The average Bonchev–Trinajstić information content (AvgIpc) is 2.97. The predicted molar refractivity (Wildman–Crippen MR) is 120 cm³/mol. The van der Waals surface area contributed by atoms with E-state index in [2.05, 4.69) is 26.8 Å². The number of carbonyl (C=O) groups is 1. The molecule has 4 aliphatic rings. The maximum atomic E-state index is 13.7. The quantitative estimate of drug-likeness (QED) is 0.638. The summed E-state index contributed by atoms with van der Waals surface area (Å²) in [6.07, 6.45) is 9.72. The zero-order chi connectivity index (χ0) is 23.1. The zero-order valence-corrected chi connectivity index (χ0v) is 19.4. The van der Waals surface area contributed by atoms with E-state index >= 15 is 0 Å².